The Hall–Kier alpha value is -0.990. The summed E-state index contributed by atoms with van der Waals surface area (Å²) >= 11 is 1.45. The number of aryl methyl sites for hydroxylation is 1. The van der Waals surface area contributed by atoms with Crippen LogP contribution in [0.3, 0.4) is 0 Å². The van der Waals surface area contributed by atoms with Gasteiger partial charge in [0.1, 0.15) is 5.69 Å². The Balaban J connectivity index is 1.93. The number of thiazole rings is 1. The van der Waals surface area contributed by atoms with Crippen LogP contribution in [0.25, 0.3) is 0 Å². The molecule has 1 amide bonds. The van der Waals surface area contributed by atoms with E-state index < -0.39 is 10.0 Å². The molecular formula is C13H21N3O3S2. The summed E-state index contributed by atoms with van der Waals surface area (Å²) in [7, 11) is -3.17. The van der Waals surface area contributed by atoms with Gasteiger partial charge in [0.25, 0.3) is 5.91 Å². The molecule has 8 heteroatoms. The number of amides is 1. The lowest BCUT2D eigenvalue weighted by atomic mass is 10.3. The predicted molar refractivity (Wildman–Crippen MR) is 83.0 cm³/mol. The summed E-state index contributed by atoms with van der Waals surface area (Å²) in [5, 5.41) is 2.61. The molecule has 1 aliphatic rings. The molecule has 0 unspecified atom stereocenters. The maximum Gasteiger partial charge on any atom is 0.273 e. The molecule has 2 rings (SSSR count). The SMILES string of the molecule is CCCCS(=O)(=O)N1CCN(C(=O)c2csc(C)n2)CC1. The van der Waals surface area contributed by atoms with Gasteiger partial charge in [0.05, 0.1) is 10.8 Å². The molecule has 6 nitrogen and oxygen atoms in total. The normalized spacial score (nSPS) is 17.1. The molecule has 0 spiro atoms. The minimum Gasteiger partial charge on any atom is -0.335 e. The summed E-state index contributed by atoms with van der Waals surface area (Å²) in [6, 6.07) is 0. The number of aromatic nitrogens is 1. The van der Waals surface area contributed by atoms with Gasteiger partial charge in [-0.15, -0.1) is 11.3 Å². The Morgan fingerprint density at radius 3 is 2.52 bits per heavy atom. The predicted octanol–water partition coefficient (Wildman–Crippen LogP) is 1.34. The summed E-state index contributed by atoms with van der Waals surface area (Å²) in [5.74, 6) is 0.0906. The average molecular weight is 331 g/mol. The van der Waals surface area contributed by atoms with Gasteiger partial charge in [-0.3, -0.25) is 4.79 Å². The van der Waals surface area contributed by atoms with Crippen LogP contribution in [-0.2, 0) is 10.0 Å². The summed E-state index contributed by atoms with van der Waals surface area (Å²) in [4.78, 5) is 18.1. The number of hydrogen-bond donors (Lipinski definition) is 0. The van der Waals surface area contributed by atoms with E-state index in [1.54, 1.807) is 10.3 Å². The topological polar surface area (TPSA) is 70.6 Å². The van der Waals surface area contributed by atoms with Crippen LogP contribution in [0.1, 0.15) is 35.3 Å². The molecule has 1 aromatic heterocycles. The summed E-state index contributed by atoms with van der Waals surface area (Å²) in [6.45, 7) is 5.45. The fraction of sp³-hybridized carbons (Fsp3) is 0.692. The number of carbonyl (C=O) groups excluding carboxylic acids is 1. The Labute approximate surface area is 129 Å². The van der Waals surface area contributed by atoms with Crippen LogP contribution < -0.4 is 0 Å². The molecule has 0 radical (unpaired) electrons. The molecule has 0 aliphatic carbocycles. The van der Waals surface area contributed by atoms with Crippen molar-refractivity contribution in [2.24, 2.45) is 0 Å². The first-order valence-corrected chi connectivity index (χ1v) is 9.62. The van der Waals surface area contributed by atoms with Crippen LogP contribution in [0, 0.1) is 6.92 Å². The highest BCUT2D eigenvalue weighted by atomic mass is 32.2. The molecule has 1 saturated heterocycles. The lowest BCUT2D eigenvalue weighted by Crippen LogP contribution is -2.51. The first-order valence-electron chi connectivity index (χ1n) is 7.13. The number of rotatable bonds is 5. The quantitative estimate of drug-likeness (QED) is 0.816. The lowest BCUT2D eigenvalue weighted by molar-refractivity contribution is 0.0692. The van der Waals surface area contributed by atoms with E-state index in [1.165, 1.54) is 15.6 Å². The van der Waals surface area contributed by atoms with Gasteiger partial charge in [0, 0.05) is 31.6 Å². The molecule has 118 valence electrons. The van der Waals surface area contributed by atoms with Crippen molar-refractivity contribution < 1.29 is 13.2 Å². The summed E-state index contributed by atoms with van der Waals surface area (Å²) in [6.07, 6.45) is 1.54. The highest BCUT2D eigenvalue weighted by Crippen LogP contribution is 2.14. The minimum absolute atomic E-state index is 0.107. The van der Waals surface area contributed by atoms with E-state index in [1.807, 2.05) is 13.8 Å². The first kappa shape index (κ1) is 16.4. The molecule has 1 fully saturated rings. The fourth-order valence-corrected chi connectivity index (χ4v) is 4.47. The first-order chi connectivity index (χ1) is 9.94. The van der Waals surface area contributed by atoms with Gasteiger partial charge in [-0.2, -0.15) is 4.31 Å². The van der Waals surface area contributed by atoms with Crippen molar-refractivity contribution in [2.75, 3.05) is 31.9 Å². The van der Waals surface area contributed by atoms with E-state index in [4.69, 9.17) is 0 Å². The lowest BCUT2D eigenvalue weighted by Gasteiger charge is -2.33. The zero-order valence-corrected chi connectivity index (χ0v) is 14.0. The van der Waals surface area contributed by atoms with Crippen molar-refractivity contribution in [1.29, 1.82) is 0 Å². The zero-order valence-electron chi connectivity index (χ0n) is 12.4. The van der Waals surface area contributed by atoms with Gasteiger partial charge in [-0.1, -0.05) is 13.3 Å². The molecular weight excluding hydrogens is 310 g/mol. The van der Waals surface area contributed by atoms with Crippen LogP contribution in [0.15, 0.2) is 5.38 Å². The fourth-order valence-electron chi connectivity index (χ4n) is 2.25. The third-order valence-electron chi connectivity index (χ3n) is 3.51. The molecule has 0 atom stereocenters. The highest BCUT2D eigenvalue weighted by Gasteiger charge is 2.29. The molecule has 0 bridgehead atoms. The van der Waals surface area contributed by atoms with Gasteiger partial charge in [0.2, 0.25) is 10.0 Å². The number of hydrogen-bond acceptors (Lipinski definition) is 5. The van der Waals surface area contributed by atoms with Crippen molar-refractivity contribution >= 4 is 27.3 Å². The van der Waals surface area contributed by atoms with Gasteiger partial charge >= 0.3 is 0 Å². The molecule has 0 saturated carbocycles. The highest BCUT2D eigenvalue weighted by molar-refractivity contribution is 7.89. The standard InChI is InChI=1S/C13H21N3O3S2/c1-3-4-9-21(18,19)16-7-5-15(6-8-16)13(17)12-10-20-11(2)14-12/h10H,3-9H2,1-2H3. The maximum atomic E-state index is 12.2. The van der Waals surface area contributed by atoms with Gasteiger partial charge < -0.3 is 4.90 Å². The maximum absolute atomic E-state index is 12.2. The van der Waals surface area contributed by atoms with Crippen LogP contribution in [0.4, 0.5) is 0 Å². The minimum atomic E-state index is -3.17. The van der Waals surface area contributed by atoms with Crippen molar-refractivity contribution in [1.82, 2.24) is 14.2 Å². The van der Waals surface area contributed by atoms with Gasteiger partial charge in [0.15, 0.2) is 0 Å². The Morgan fingerprint density at radius 1 is 1.33 bits per heavy atom. The average Bonchev–Trinajstić information content (AvgIpc) is 2.91. The van der Waals surface area contributed by atoms with Crippen LogP contribution in [0.5, 0.6) is 0 Å². The molecule has 0 aromatic carbocycles. The number of nitrogens with zero attached hydrogens (tertiary/aromatic N) is 3. The van der Waals surface area contributed by atoms with Crippen molar-refractivity contribution in [3.63, 3.8) is 0 Å². The van der Waals surface area contributed by atoms with Crippen LogP contribution in [0.2, 0.25) is 0 Å². The number of piperazine rings is 1. The van der Waals surface area contributed by atoms with E-state index in [9.17, 15) is 13.2 Å². The van der Waals surface area contributed by atoms with E-state index in [0.29, 0.717) is 38.3 Å². The molecule has 0 N–H and O–H groups in total. The molecule has 21 heavy (non-hydrogen) atoms. The van der Waals surface area contributed by atoms with Crippen LogP contribution in [-0.4, -0.2) is 60.4 Å². The second-order valence-electron chi connectivity index (χ2n) is 5.11. The second-order valence-corrected chi connectivity index (χ2v) is 8.26. The van der Waals surface area contributed by atoms with Crippen molar-refractivity contribution in [3.8, 4) is 0 Å². The number of carbonyl (C=O) groups is 1. The van der Waals surface area contributed by atoms with E-state index in [0.717, 1.165) is 11.4 Å². The van der Waals surface area contributed by atoms with E-state index >= 15 is 0 Å². The summed E-state index contributed by atoms with van der Waals surface area (Å²) < 4.78 is 25.7. The number of unbranched alkanes of at least 4 members (excludes halogenated alkanes) is 1. The number of sulfonamides is 1. The van der Waals surface area contributed by atoms with Crippen LogP contribution >= 0.6 is 11.3 Å². The third kappa shape index (κ3) is 4.02. The second kappa shape index (κ2) is 6.85. The third-order valence-corrected chi connectivity index (χ3v) is 6.24. The largest absolute Gasteiger partial charge is 0.335 e. The Bertz CT molecular complexity index is 590. The van der Waals surface area contributed by atoms with E-state index in [-0.39, 0.29) is 11.7 Å². The smallest absolute Gasteiger partial charge is 0.273 e. The summed E-state index contributed by atoms with van der Waals surface area (Å²) in [5.41, 5.74) is 0.458. The van der Waals surface area contributed by atoms with E-state index in [2.05, 4.69) is 4.98 Å². The Morgan fingerprint density at radius 2 is 2.00 bits per heavy atom. The monoisotopic (exact) mass is 331 g/mol. The van der Waals surface area contributed by atoms with Crippen molar-refractivity contribution in [2.45, 2.75) is 26.7 Å². The Kier molecular flexibility index (Phi) is 5.34. The van der Waals surface area contributed by atoms with Gasteiger partial charge in [-0.05, 0) is 13.3 Å². The molecule has 2 heterocycles. The zero-order chi connectivity index (χ0) is 15.5. The molecule has 1 aromatic rings. The molecule has 1 aliphatic heterocycles. The van der Waals surface area contributed by atoms with Gasteiger partial charge in [-0.25, -0.2) is 13.4 Å². The van der Waals surface area contributed by atoms with Crippen molar-refractivity contribution in [3.05, 3.63) is 16.1 Å².